The topological polar surface area (TPSA) is 43.4 Å². The molecule has 0 aliphatic heterocycles. The van der Waals surface area contributed by atoms with Crippen LogP contribution in [0.3, 0.4) is 0 Å². The minimum Gasteiger partial charge on any atom is -0.461 e. The van der Waals surface area contributed by atoms with Gasteiger partial charge in [-0.25, -0.2) is 0 Å². The van der Waals surface area contributed by atoms with Crippen LogP contribution in [0.4, 0.5) is 0 Å². The molecule has 0 amide bonds. The van der Waals surface area contributed by atoms with Crippen molar-refractivity contribution in [3.8, 4) is 0 Å². The summed E-state index contributed by atoms with van der Waals surface area (Å²) in [6.07, 6.45) is 4.81. The maximum atomic E-state index is 12.0. The fourth-order valence-electron chi connectivity index (χ4n) is 2.80. The molecule has 2 rings (SSSR count). The molecule has 0 aromatic rings. The zero-order valence-corrected chi connectivity index (χ0v) is 11.7. The summed E-state index contributed by atoms with van der Waals surface area (Å²) in [5.41, 5.74) is 0.591. The van der Waals surface area contributed by atoms with Gasteiger partial charge >= 0.3 is 5.97 Å². The molecular weight excluding hydrogens is 228 g/mol. The van der Waals surface area contributed by atoms with Crippen LogP contribution in [0.25, 0.3) is 0 Å². The quantitative estimate of drug-likeness (QED) is 0.672. The van der Waals surface area contributed by atoms with E-state index in [4.69, 9.17) is 4.74 Å². The number of ketones is 1. The van der Waals surface area contributed by atoms with E-state index in [9.17, 15) is 9.59 Å². The summed E-state index contributed by atoms with van der Waals surface area (Å²) in [6, 6.07) is 0. The highest BCUT2D eigenvalue weighted by Crippen LogP contribution is 2.50. The van der Waals surface area contributed by atoms with Crippen molar-refractivity contribution < 1.29 is 14.3 Å². The van der Waals surface area contributed by atoms with E-state index < -0.39 is 5.41 Å². The summed E-state index contributed by atoms with van der Waals surface area (Å²) in [4.78, 5) is 23.4. The van der Waals surface area contributed by atoms with E-state index in [1.165, 1.54) is 5.57 Å². The summed E-state index contributed by atoms with van der Waals surface area (Å²) in [7, 11) is 0. The molecule has 3 heteroatoms. The van der Waals surface area contributed by atoms with Crippen LogP contribution in [0.15, 0.2) is 11.6 Å². The lowest BCUT2D eigenvalue weighted by Gasteiger charge is -2.35. The number of carbonyl (C=O) groups excluding carboxylic acids is 2. The molecule has 0 N–H and O–H groups in total. The van der Waals surface area contributed by atoms with Crippen LogP contribution in [0.5, 0.6) is 0 Å². The molecule has 1 fully saturated rings. The lowest BCUT2D eigenvalue weighted by Crippen LogP contribution is -2.37. The molecule has 0 radical (unpaired) electrons. The highest BCUT2D eigenvalue weighted by molar-refractivity contribution is 5.91. The molecule has 0 aromatic carbocycles. The van der Waals surface area contributed by atoms with Gasteiger partial charge < -0.3 is 4.74 Å². The highest BCUT2D eigenvalue weighted by Gasteiger charge is 2.47. The van der Waals surface area contributed by atoms with E-state index in [0.717, 1.165) is 19.3 Å². The zero-order chi connectivity index (χ0) is 13.6. The number of hydrogen-bond donors (Lipinski definition) is 0. The Morgan fingerprint density at radius 3 is 2.67 bits per heavy atom. The van der Waals surface area contributed by atoms with Crippen molar-refractivity contribution in [1.82, 2.24) is 0 Å². The molecule has 2 aliphatic carbocycles. The first-order valence-electron chi connectivity index (χ1n) is 6.68. The number of allylic oxidation sites excluding steroid dienone is 1. The summed E-state index contributed by atoms with van der Waals surface area (Å²) < 4.78 is 5.69. The minimum atomic E-state index is -0.465. The maximum absolute atomic E-state index is 12.0. The molecule has 2 aliphatic rings. The van der Waals surface area contributed by atoms with E-state index in [1.54, 1.807) is 6.08 Å². The van der Waals surface area contributed by atoms with Gasteiger partial charge in [0.05, 0.1) is 5.41 Å². The van der Waals surface area contributed by atoms with Gasteiger partial charge in [0.15, 0.2) is 5.78 Å². The van der Waals surface area contributed by atoms with E-state index in [-0.39, 0.29) is 23.3 Å². The fraction of sp³-hybridized carbons (Fsp3) is 0.733. The Balaban J connectivity index is 2.16. The monoisotopic (exact) mass is 250 g/mol. The molecule has 3 nitrogen and oxygen atoms in total. The molecule has 0 saturated heterocycles. The van der Waals surface area contributed by atoms with Crippen molar-refractivity contribution in [2.75, 3.05) is 0 Å². The molecule has 0 heterocycles. The smallest absolute Gasteiger partial charge is 0.311 e. The van der Waals surface area contributed by atoms with Gasteiger partial charge in [0.1, 0.15) is 6.10 Å². The third-order valence-corrected chi connectivity index (χ3v) is 4.21. The van der Waals surface area contributed by atoms with Crippen molar-refractivity contribution in [2.24, 2.45) is 10.8 Å². The highest BCUT2D eigenvalue weighted by atomic mass is 16.5. The second-order valence-corrected chi connectivity index (χ2v) is 6.74. The van der Waals surface area contributed by atoms with Gasteiger partial charge in [-0.3, -0.25) is 9.59 Å². The Bertz CT molecular complexity index is 414. The predicted molar refractivity (Wildman–Crippen MR) is 69.0 cm³/mol. The van der Waals surface area contributed by atoms with Crippen LogP contribution in [0.2, 0.25) is 0 Å². The SMILES string of the molecule is CC(C)(C)C(=O)O[C@@H]1CCC2=CC(=O)CC[C@]21C. The fourth-order valence-corrected chi connectivity index (χ4v) is 2.80. The van der Waals surface area contributed by atoms with Crippen molar-refractivity contribution in [1.29, 1.82) is 0 Å². The van der Waals surface area contributed by atoms with Crippen LogP contribution in [-0.2, 0) is 14.3 Å². The van der Waals surface area contributed by atoms with Crippen LogP contribution >= 0.6 is 0 Å². The van der Waals surface area contributed by atoms with Crippen molar-refractivity contribution >= 4 is 11.8 Å². The third kappa shape index (κ3) is 2.23. The first kappa shape index (κ1) is 13.3. The molecule has 0 unspecified atom stereocenters. The normalized spacial score (nSPS) is 31.9. The van der Waals surface area contributed by atoms with Crippen LogP contribution < -0.4 is 0 Å². The number of fused-ring (bicyclic) bond motifs is 1. The van der Waals surface area contributed by atoms with E-state index in [2.05, 4.69) is 6.92 Å². The molecule has 0 spiro atoms. The Morgan fingerprint density at radius 2 is 2.06 bits per heavy atom. The lowest BCUT2D eigenvalue weighted by molar-refractivity contribution is -0.163. The standard InChI is InChI=1S/C15H22O3/c1-14(2,3)13(17)18-12-6-5-10-9-11(16)7-8-15(10,12)4/h9,12H,5-8H2,1-4H3/t12-,15-/m1/s1. The molecule has 18 heavy (non-hydrogen) atoms. The Kier molecular flexibility index (Phi) is 3.12. The Labute approximate surface area is 109 Å². The van der Waals surface area contributed by atoms with E-state index in [1.807, 2.05) is 20.8 Å². The van der Waals surface area contributed by atoms with Gasteiger partial charge in [0.2, 0.25) is 0 Å². The molecule has 2 atom stereocenters. The van der Waals surface area contributed by atoms with Gasteiger partial charge in [-0.05, 0) is 46.1 Å². The summed E-state index contributed by atoms with van der Waals surface area (Å²) >= 11 is 0. The van der Waals surface area contributed by atoms with Gasteiger partial charge in [-0.2, -0.15) is 0 Å². The first-order valence-corrected chi connectivity index (χ1v) is 6.68. The van der Waals surface area contributed by atoms with Crippen molar-refractivity contribution in [2.45, 2.75) is 59.5 Å². The minimum absolute atomic E-state index is 0.0661. The van der Waals surface area contributed by atoms with Gasteiger partial charge in [0.25, 0.3) is 0 Å². The number of esters is 1. The van der Waals surface area contributed by atoms with E-state index >= 15 is 0 Å². The largest absolute Gasteiger partial charge is 0.461 e. The number of rotatable bonds is 1. The zero-order valence-electron chi connectivity index (χ0n) is 11.7. The average molecular weight is 250 g/mol. The lowest BCUT2D eigenvalue weighted by atomic mass is 9.74. The maximum Gasteiger partial charge on any atom is 0.311 e. The summed E-state index contributed by atoms with van der Waals surface area (Å²) in [6.45, 7) is 7.73. The Hall–Kier alpha value is -1.12. The van der Waals surface area contributed by atoms with Crippen molar-refractivity contribution in [3.63, 3.8) is 0 Å². The predicted octanol–water partition coefficient (Wildman–Crippen LogP) is 3.03. The van der Waals surface area contributed by atoms with Gasteiger partial charge in [0, 0.05) is 11.8 Å². The van der Waals surface area contributed by atoms with Crippen LogP contribution in [0.1, 0.15) is 53.4 Å². The second kappa shape index (κ2) is 4.22. The molecule has 0 aromatic heterocycles. The number of ether oxygens (including phenoxy) is 1. The number of hydrogen-bond acceptors (Lipinski definition) is 3. The van der Waals surface area contributed by atoms with Gasteiger partial charge in [-0.15, -0.1) is 0 Å². The van der Waals surface area contributed by atoms with Crippen molar-refractivity contribution in [3.05, 3.63) is 11.6 Å². The molecular formula is C15H22O3. The second-order valence-electron chi connectivity index (χ2n) is 6.74. The third-order valence-electron chi connectivity index (χ3n) is 4.21. The Morgan fingerprint density at radius 1 is 1.39 bits per heavy atom. The summed E-state index contributed by atoms with van der Waals surface area (Å²) in [5.74, 6) is 0.0668. The average Bonchev–Trinajstić information content (AvgIpc) is 2.56. The van der Waals surface area contributed by atoms with Crippen LogP contribution in [0, 0.1) is 10.8 Å². The molecule has 100 valence electrons. The first-order chi connectivity index (χ1) is 8.23. The summed E-state index contributed by atoms with van der Waals surface area (Å²) in [5, 5.41) is 0. The van der Waals surface area contributed by atoms with Crippen LogP contribution in [-0.4, -0.2) is 17.9 Å². The number of carbonyl (C=O) groups is 2. The molecule has 0 bridgehead atoms. The van der Waals surface area contributed by atoms with E-state index in [0.29, 0.717) is 6.42 Å². The molecule has 1 saturated carbocycles. The van der Waals surface area contributed by atoms with Gasteiger partial charge in [-0.1, -0.05) is 12.5 Å².